The minimum Gasteiger partial charge on any atom is -0.398 e. The highest BCUT2D eigenvalue weighted by Crippen LogP contribution is 2.32. The summed E-state index contributed by atoms with van der Waals surface area (Å²) in [7, 11) is 0. The molecule has 3 N–H and O–H groups in total. The number of benzene rings is 1. The van der Waals surface area contributed by atoms with E-state index in [1.54, 1.807) is 0 Å². The van der Waals surface area contributed by atoms with Crippen molar-refractivity contribution < 1.29 is 13.2 Å². The fourth-order valence-corrected chi connectivity index (χ4v) is 1.97. The fourth-order valence-electron chi connectivity index (χ4n) is 1.23. The lowest BCUT2D eigenvalue weighted by Crippen LogP contribution is -2.07. The number of nitrogens with two attached hydrogens (primary N) is 1. The average Bonchev–Trinajstić information content (AvgIpc) is 2.80. The predicted octanol–water partition coefficient (Wildman–Crippen LogP) is 2.43. The van der Waals surface area contributed by atoms with Crippen molar-refractivity contribution in [3.63, 3.8) is 0 Å². The number of rotatable bonds is 2. The van der Waals surface area contributed by atoms with E-state index in [1.165, 1.54) is 18.2 Å². The number of nitrogens with one attached hydrogen (secondary N) is 1. The van der Waals surface area contributed by atoms with Gasteiger partial charge in [-0.2, -0.15) is 23.4 Å². The average molecular weight is 285 g/mol. The summed E-state index contributed by atoms with van der Waals surface area (Å²) >= 11 is 0.882. The zero-order chi connectivity index (χ0) is 14.0. The summed E-state index contributed by atoms with van der Waals surface area (Å²) in [5, 5.41) is 13.8. The van der Waals surface area contributed by atoms with Crippen LogP contribution in [0.4, 0.5) is 18.9 Å². The van der Waals surface area contributed by atoms with Crippen molar-refractivity contribution in [2.24, 2.45) is 0 Å². The highest BCUT2D eigenvalue weighted by atomic mass is 32.2. The number of aromatic nitrogens is 3. The van der Waals surface area contributed by atoms with Gasteiger partial charge in [0.2, 0.25) is 11.0 Å². The van der Waals surface area contributed by atoms with Crippen LogP contribution in [0.3, 0.4) is 0 Å². The molecule has 0 unspecified atom stereocenters. The number of aromatic amines is 1. The van der Waals surface area contributed by atoms with E-state index in [4.69, 9.17) is 11.0 Å². The minimum atomic E-state index is -4.57. The normalized spacial score (nSPS) is 11.3. The number of nitriles is 1. The van der Waals surface area contributed by atoms with Crippen LogP contribution in [-0.4, -0.2) is 15.2 Å². The molecule has 1 aromatic carbocycles. The van der Waals surface area contributed by atoms with E-state index < -0.39 is 12.0 Å². The van der Waals surface area contributed by atoms with Crippen molar-refractivity contribution in [1.29, 1.82) is 5.26 Å². The molecule has 2 rings (SSSR count). The first kappa shape index (κ1) is 13.2. The van der Waals surface area contributed by atoms with Crippen LogP contribution in [0.5, 0.6) is 0 Å². The standard InChI is InChI=1S/C10H6F3N5S/c11-10(12,13)8-16-9(18-17-8)19-7-2-1-5(4-14)3-6(7)15/h1-3H,15H2,(H,16,17,18). The molecule has 9 heteroatoms. The number of hydrogen-bond acceptors (Lipinski definition) is 5. The van der Waals surface area contributed by atoms with Crippen molar-refractivity contribution in [2.75, 3.05) is 5.73 Å². The van der Waals surface area contributed by atoms with Crippen molar-refractivity contribution in [3.05, 3.63) is 29.6 Å². The number of nitrogens with zero attached hydrogens (tertiary/aromatic N) is 3. The molecule has 0 saturated carbocycles. The van der Waals surface area contributed by atoms with E-state index in [0.717, 1.165) is 11.8 Å². The van der Waals surface area contributed by atoms with Gasteiger partial charge in [-0.3, -0.25) is 5.10 Å². The third kappa shape index (κ3) is 2.97. The van der Waals surface area contributed by atoms with E-state index in [2.05, 4.69) is 10.1 Å². The summed E-state index contributed by atoms with van der Waals surface area (Å²) in [5.74, 6) is -1.16. The third-order valence-electron chi connectivity index (χ3n) is 2.07. The molecule has 0 saturated heterocycles. The Labute approximate surface area is 109 Å². The lowest BCUT2D eigenvalue weighted by Gasteiger charge is -2.02. The van der Waals surface area contributed by atoms with Crippen LogP contribution in [-0.2, 0) is 6.18 Å². The molecule has 0 aliphatic rings. The Morgan fingerprint density at radius 1 is 1.37 bits per heavy atom. The number of anilines is 1. The minimum absolute atomic E-state index is 0.0938. The van der Waals surface area contributed by atoms with Gasteiger partial charge in [-0.1, -0.05) is 0 Å². The first-order valence-electron chi connectivity index (χ1n) is 4.87. The van der Waals surface area contributed by atoms with Crippen LogP contribution in [0.15, 0.2) is 28.3 Å². The van der Waals surface area contributed by atoms with E-state index in [-0.39, 0.29) is 10.8 Å². The second kappa shape index (κ2) is 4.81. The van der Waals surface area contributed by atoms with Crippen molar-refractivity contribution >= 4 is 17.4 Å². The van der Waals surface area contributed by atoms with E-state index >= 15 is 0 Å². The van der Waals surface area contributed by atoms with Crippen molar-refractivity contribution in [3.8, 4) is 6.07 Å². The summed E-state index contributed by atoms with van der Waals surface area (Å²) in [5.41, 5.74) is 6.33. The fraction of sp³-hybridized carbons (Fsp3) is 0.100. The van der Waals surface area contributed by atoms with Gasteiger partial charge >= 0.3 is 6.18 Å². The van der Waals surface area contributed by atoms with Gasteiger partial charge in [-0.05, 0) is 30.0 Å². The van der Waals surface area contributed by atoms with E-state index in [0.29, 0.717) is 10.5 Å². The molecule has 5 nitrogen and oxygen atoms in total. The van der Waals surface area contributed by atoms with Crippen LogP contribution in [0, 0.1) is 11.3 Å². The maximum absolute atomic E-state index is 12.3. The van der Waals surface area contributed by atoms with Crippen molar-refractivity contribution in [1.82, 2.24) is 15.2 Å². The molecule has 1 aromatic heterocycles. The van der Waals surface area contributed by atoms with Crippen molar-refractivity contribution in [2.45, 2.75) is 16.2 Å². The Morgan fingerprint density at radius 3 is 2.63 bits per heavy atom. The molecule has 98 valence electrons. The second-order valence-electron chi connectivity index (χ2n) is 3.43. The SMILES string of the molecule is N#Cc1ccc(Sc2n[nH]c(C(F)(F)F)n2)c(N)c1. The molecule has 0 radical (unpaired) electrons. The first-order chi connectivity index (χ1) is 8.90. The molecule has 0 bridgehead atoms. The van der Waals surface area contributed by atoms with Crippen LogP contribution in [0.1, 0.15) is 11.4 Å². The maximum atomic E-state index is 12.3. The lowest BCUT2D eigenvalue weighted by atomic mass is 10.2. The number of alkyl halides is 3. The van der Waals surface area contributed by atoms with Crippen LogP contribution in [0.2, 0.25) is 0 Å². The van der Waals surface area contributed by atoms with Gasteiger partial charge in [0.1, 0.15) is 0 Å². The Kier molecular flexibility index (Phi) is 3.35. The van der Waals surface area contributed by atoms with E-state index in [1.807, 2.05) is 11.2 Å². The van der Waals surface area contributed by atoms with Gasteiger partial charge in [0.05, 0.1) is 11.6 Å². The molecule has 19 heavy (non-hydrogen) atoms. The van der Waals surface area contributed by atoms with Crippen LogP contribution in [0.25, 0.3) is 0 Å². The number of hydrogen-bond donors (Lipinski definition) is 2. The quantitative estimate of drug-likeness (QED) is 0.827. The summed E-state index contributed by atoms with van der Waals surface area (Å²) in [6, 6.07) is 6.38. The zero-order valence-electron chi connectivity index (χ0n) is 9.19. The summed E-state index contributed by atoms with van der Waals surface area (Å²) in [6.07, 6.45) is -4.57. The molecule has 0 aliphatic carbocycles. The maximum Gasteiger partial charge on any atom is 0.451 e. The molecule has 0 amide bonds. The lowest BCUT2D eigenvalue weighted by molar-refractivity contribution is -0.144. The Balaban J connectivity index is 2.22. The van der Waals surface area contributed by atoms with Gasteiger partial charge in [-0.25, -0.2) is 0 Å². The third-order valence-corrected chi connectivity index (χ3v) is 3.03. The summed E-state index contributed by atoms with van der Waals surface area (Å²) in [6.45, 7) is 0. The second-order valence-corrected chi connectivity index (χ2v) is 4.44. The molecule has 0 atom stereocenters. The predicted molar refractivity (Wildman–Crippen MR) is 61.1 cm³/mol. The van der Waals surface area contributed by atoms with Gasteiger partial charge in [0, 0.05) is 10.6 Å². The molecular formula is C10H6F3N5S. The number of H-pyrrole nitrogens is 1. The Morgan fingerprint density at radius 2 is 2.11 bits per heavy atom. The van der Waals surface area contributed by atoms with Crippen LogP contribution < -0.4 is 5.73 Å². The van der Waals surface area contributed by atoms with E-state index in [9.17, 15) is 13.2 Å². The van der Waals surface area contributed by atoms with Crippen LogP contribution >= 0.6 is 11.8 Å². The molecule has 1 heterocycles. The molecular weight excluding hydrogens is 279 g/mol. The Hall–Kier alpha value is -2.21. The monoisotopic (exact) mass is 285 g/mol. The molecule has 2 aromatic rings. The Bertz CT molecular complexity index is 643. The largest absolute Gasteiger partial charge is 0.451 e. The zero-order valence-corrected chi connectivity index (χ0v) is 10.0. The number of nitrogen functional groups attached to an aromatic ring is 1. The van der Waals surface area contributed by atoms with Gasteiger partial charge < -0.3 is 5.73 Å². The topological polar surface area (TPSA) is 91.4 Å². The highest BCUT2D eigenvalue weighted by molar-refractivity contribution is 7.99. The molecule has 0 fully saturated rings. The first-order valence-corrected chi connectivity index (χ1v) is 5.69. The summed E-state index contributed by atoms with van der Waals surface area (Å²) < 4.78 is 36.9. The molecule has 0 aliphatic heterocycles. The number of halogens is 3. The van der Waals surface area contributed by atoms with Gasteiger partial charge in [-0.15, -0.1) is 5.10 Å². The highest BCUT2D eigenvalue weighted by Gasteiger charge is 2.35. The molecule has 0 spiro atoms. The van der Waals surface area contributed by atoms with Gasteiger partial charge in [0.15, 0.2) is 0 Å². The smallest absolute Gasteiger partial charge is 0.398 e. The summed E-state index contributed by atoms with van der Waals surface area (Å²) in [4.78, 5) is 3.79. The van der Waals surface area contributed by atoms with Gasteiger partial charge in [0.25, 0.3) is 0 Å².